The predicted octanol–water partition coefficient (Wildman–Crippen LogP) is 2.13. The molecule has 0 aliphatic carbocycles. The van der Waals surface area contributed by atoms with Crippen LogP contribution in [0.25, 0.3) is 0 Å². The van der Waals surface area contributed by atoms with Crippen LogP contribution in [0.1, 0.15) is 24.5 Å². The first-order valence-electron chi connectivity index (χ1n) is 6.49. The van der Waals surface area contributed by atoms with Gasteiger partial charge in [0.2, 0.25) is 6.79 Å². The molecule has 2 aliphatic heterocycles. The number of hydrogen-bond acceptors (Lipinski definition) is 3. The number of ether oxygens (including phenoxy) is 2. The highest BCUT2D eigenvalue weighted by Gasteiger charge is 2.22. The van der Waals surface area contributed by atoms with E-state index in [0.717, 1.165) is 43.3 Å². The molecule has 17 heavy (non-hydrogen) atoms. The summed E-state index contributed by atoms with van der Waals surface area (Å²) in [5.74, 6) is 2.67. The second-order valence-electron chi connectivity index (χ2n) is 4.85. The third-order valence-electron chi connectivity index (χ3n) is 3.76. The number of nitrogens with one attached hydrogen (secondary N) is 1. The molecule has 92 valence electrons. The molecular formula is C14H19NO2. The van der Waals surface area contributed by atoms with E-state index in [9.17, 15) is 0 Å². The first-order chi connectivity index (χ1) is 8.38. The number of benzene rings is 1. The van der Waals surface area contributed by atoms with E-state index in [-0.39, 0.29) is 0 Å². The maximum Gasteiger partial charge on any atom is 0.231 e. The quantitative estimate of drug-likeness (QED) is 0.867. The average molecular weight is 233 g/mol. The van der Waals surface area contributed by atoms with Gasteiger partial charge in [0, 0.05) is 5.56 Å². The molecule has 1 aromatic carbocycles. The molecule has 0 saturated carbocycles. The minimum atomic E-state index is 0.372. The highest BCUT2D eigenvalue weighted by Crippen LogP contribution is 2.38. The van der Waals surface area contributed by atoms with Crippen LogP contribution < -0.4 is 14.8 Å². The molecule has 3 rings (SSSR count). The molecule has 0 bridgehead atoms. The number of rotatable bonds is 3. The fourth-order valence-corrected chi connectivity index (χ4v) is 2.85. The van der Waals surface area contributed by atoms with Gasteiger partial charge in [-0.1, -0.05) is 13.0 Å². The van der Waals surface area contributed by atoms with Gasteiger partial charge in [0.15, 0.2) is 11.5 Å². The highest BCUT2D eigenvalue weighted by molar-refractivity contribution is 5.52. The van der Waals surface area contributed by atoms with Crippen molar-refractivity contribution in [3.8, 4) is 11.5 Å². The summed E-state index contributed by atoms with van der Waals surface area (Å²) in [5.41, 5.74) is 2.78. The summed E-state index contributed by atoms with van der Waals surface area (Å²) in [7, 11) is 0. The van der Waals surface area contributed by atoms with E-state index in [0.29, 0.717) is 6.79 Å². The fourth-order valence-electron chi connectivity index (χ4n) is 2.85. The molecule has 0 radical (unpaired) electrons. The number of hydrogen-bond donors (Lipinski definition) is 1. The van der Waals surface area contributed by atoms with E-state index in [2.05, 4.69) is 24.4 Å². The van der Waals surface area contributed by atoms with Crippen molar-refractivity contribution in [3.05, 3.63) is 23.3 Å². The van der Waals surface area contributed by atoms with Gasteiger partial charge in [0.1, 0.15) is 0 Å². The van der Waals surface area contributed by atoms with Gasteiger partial charge >= 0.3 is 0 Å². The Balaban J connectivity index is 1.88. The lowest BCUT2D eigenvalue weighted by molar-refractivity contribution is 0.173. The van der Waals surface area contributed by atoms with Crippen molar-refractivity contribution < 1.29 is 9.47 Å². The summed E-state index contributed by atoms with van der Waals surface area (Å²) in [6, 6.07) is 4.27. The molecule has 0 amide bonds. The van der Waals surface area contributed by atoms with Gasteiger partial charge in [-0.2, -0.15) is 0 Å². The van der Waals surface area contributed by atoms with Crippen molar-refractivity contribution in [1.29, 1.82) is 0 Å². The zero-order valence-electron chi connectivity index (χ0n) is 10.3. The van der Waals surface area contributed by atoms with Crippen molar-refractivity contribution in [1.82, 2.24) is 5.32 Å². The summed E-state index contributed by atoms with van der Waals surface area (Å²) in [4.78, 5) is 0. The van der Waals surface area contributed by atoms with Gasteiger partial charge in [-0.05, 0) is 49.9 Å². The maximum atomic E-state index is 5.59. The predicted molar refractivity (Wildman–Crippen MR) is 66.6 cm³/mol. The minimum Gasteiger partial charge on any atom is -0.454 e. The van der Waals surface area contributed by atoms with Crippen LogP contribution in [0, 0.1) is 5.92 Å². The molecule has 0 aromatic heterocycles. The molecule has 2 aliphatic rings. The maximum absolute atomic E-state index is 5.59. The van der Waals surface area contributed by atoms with Gasteiger partial charge in [0.05, 0.1) is 0 Å². The first kappa shape index (κ1) is 10.9. The Kier molecular flexibility index (Phi) is 2.93. The molecule has 3 nitrogen and oxygen atoms in total. The third-order valence-corrected chi connectivity index (χ3v) is 3.76. The smallest absolute Gasteiger partial charge is 0.231 e. The minimum absolute atomic E-state index is 0.372. The van der Waals surface area contributed by atoms with Gasteiger partial charge in [-0.3, -0.25) is 0 Å². The van der Waals surface area contributed by atoms with Crippen LogP contribution in [0.2, 0.25) is 0 Å². The Morgan fingerprint density at radius 3 is 3.06 bits per heavy atom. The van der Waals surface area contributed by atoms with Gasteiger partial charge in [-0.15, -0.1) is 0 Å². The van der Waals surface area contributed by atoms with E-state index in [1.165, 1.54) is 17.5 Å². The molecule has 1 N–H and O–H groups in total. The molecule has 1 aromatic rings. The summed E-state index contributed by atoms with van der Waals surface area (Å²) in [6.07, 6.45) is 3.46. The molecule has 3 heteroatoms. The Morgan fingerprint density at radius 1 is 1.35 bits per heavy atom. The van der Waals surface area contributed by atoms with E-state index >= 15 is 0 Å². The van der Waals surface area contributed by atoms with Crippen molar-refractivity contribution in [2.75, 3.05) is 19.9 Å². The van der Waals surface area contributed by atoms with E-state index in [1.807, 2.05) is 0 Å². The van der Waals surface area contributed by atoms with Crippen LogP contribution >= 0.6 is 0 Å². The SMILES string of the molecule is CCc1c(CC2CCNC2)ccc2c1OCO2. The topological polar surface area (TPSA) is 30.5 Å². The van der Waals surface area contributed by atoms with Crippen molar-refractivity contribution in [2.24, 2.45) is 5.92 Å². The summed E-state index contributed by atoms with van der Waals surface area (Å²) >= 11 is 0. The molecular weight excluding hydrogens is 214 g/mol. The van der Waals surface area contributed by atoms with E-state index in [4.69, 9.17) is 9.47 Å². The monoisotopic (exact) mass is 233 g/mol. The zero-order chi connectivity index (χ0) is 11.7. The molecule has 1 saturated heterocycles. The lowest BCUT2D eigenvalue weighted by Gasteiger charge is -2.14. The molecule has 1 fully saturated rings. The molecule has 1 atom stereocenters. The molecule has 0 spiro atoms. The Morgan fingerprint density at radius 2 is 2.29 bits per heavy atom. The van der Waals surface area contributed by atoms with E-state index in [1.54, 1.807) is 0 Å². The molecule has 1 unspecified atom stereocenters. The third kappa shape index (κ3) is 2.00. The lowest BCUT2D eigenvalue weighted by Crippen LogP contribution is -2.11. The summed E-state index contributed by atoms with van der Waals surface area (Å²) in [6.45, 7) is 4.87. The Labute approximate surface area is 102 Å². The highest BCUT2D eigenvalue weighted by atomic mass is 16.7. The summed E-state index contributed by atoms with van der Waals surface area (Å²) in [5, 5.41) is 3.43. The largest absolute Gasteiger partial charge is 0.454 e. The molecule has 2 heterocycles. The zero-order valence-corrected chi connectivity index (χ0v) is 10.3. The Bertz CT molecular complexity index is 411. The van der Waals surface area contributed by atoms with Gasteiger partial charge in [-0.25, -0.2) is 0 Å². The summed E-state index contributed by atoms with van der Waals surface area (Å²) < 4.78 is 11.0. The van der Waals surface area contributed by atoms with Crippen molar-refractivity contribution in [3.63, 3.8) is 0 Å². The van der Waals surface area contributed by atoms with Crippen LogP contribution in [0.15, 0.2) is 12.1 Å². The van der Waals surface area contributed by atoms with Crippen LogP contribution in [-0.4, -0.2) is 19.9 Å². The standard InChI is InChI=1S/C14H19NO2/c1-2-12-11(7-10-5-6-15-8-10)3-4-13-14(12)17-9-16-13/h3-4,10,15H,2,5-9H2,1H3. The fraction of sp³-hybridized carbons (Fsp3) is 0.571. The lowest BCUT2D eigenvalue weighted by atomic mass is 9.93. The van der Waals surface area contributed by atoms with Crippen LogP contribution in [0.5, 0.6) is 11.5 Å². The van der Waals surface area contributed by atoms with Crippen molar-refractivity contribution >= 4 is 0 Å². The van der Waals surface area contributed by atoms with Crippen LogP contribution in [0.4, 0.5) is 0 Å². The second-order valence-corrected chi connectivity index (χ2v) is 4.85. The van der Waals surface area contributed by atoms with Gasteiger partial charge in [0.25, 0.3) is 0 Å². The normalized spacial score (nSPS) is 22.1. The van der Waals surface area contributed by atoms with Gasteiger partial charge < -0.3 is 14.8 Å². The van der Waals surface area contributed by atoms with Crippen LogP contribution in [-0.2, 0) is 12.8 Å². The Hall–Kier alpha value is -1.22. The van der Waals surface area contributed by atoms with E-state index < -0.39 is 0 Å². The van der Waals surface area contributed by atoms with Crippen molar-refractivity contribution in [2.45, 2.75) is 26.2 Å². The average Bonchev–Trinajstić information content (AvgIpc) is 2.98. The number of fused-ring (bicyclic) bond motifs is 1. The first-order valence-corrected chi connectivity index (χ1v) is 6.49. The second kappa shape index (κ2) is 4.57. The van der Waals surface area contributed by atoms with Crippen LogP contribution in [0.3, 0.4) is 0 Å².